The van der Waals surface area contributed by atoms with E-state index in [2.05, 4.69) is 0 Å². The van der Waals surface area contributed by atoms with Gasteiger partial charge in [-0.1, -0.05) is 42.5 Å². The van der Waals surface area contributed by atoms with Gasteiger partial charge in [-0.25, -0.2) is 0 Å². The first-order valence-corrected chi connectivity index (χ1v) is 6.49. The van der Waals surface area contributed by atoms with Gasteiger partial charge in [-0.05, 0) is 17.2 Å². The zero-order valence-corrected chi connectivity index (χ0v) is 11.7. The Morgan fingerprint density at radius 1 is 1.24 bits per heavy atom. The minimum atomic E-state index is -1.96. The quantitative estimate of drug-likeness (QED) is 0.759. The van der Waals surface area contributed by atoms with Crippen LogP contribution in [0.1, 0.15) is 16.7 Å². The van der Waals surface area contributed by atoms with E-state index in [9.17, 15) is 9.90 Å². The van der Waals surface area contributed by atoms with E-state index in [-0.39, 0.29) is 0 Å². The van der Waals surface area contributed by atoms with E-state index < -0.39 is 11.5 Å². The molecule has 2 aromatic rings. The van der Waals surface area contributed by atoms with E-state index in [0.29, 0.717) is 23.4 Å². The lowest BCUT2D eigenvalue weighted by atomic mass is 9.84. The fourth-order valence-corrected chi connectivity index (χ4v) is 2.27. The molecule has 0 aliphatic heterocycles. The van der Waals surface area contributed by atoms with E-state index in [0.717, 1.165) is 5.56 Å². The second-order valence-corrected chi connectivity index (χ2v) is 4.68. The number of carbonyl (C=O) groups is 1. The van der Waals surface area contributed by atoms with E-state index in [4.69, 9.17) is 16.2 Å². The molecule has 5 N–H and O–H groups in total. The summed E-state index contributed by atoms with van der Waals surface area (Å²) in [7, 11) is 1.46. The maximum absolute atomic E-state index is 11.9. The van der Waals surface area contributed by atoms with Gasteiger partial charge in [0.25, 0.3) is 5.91 Å². The van der Waals surface area contributed by atoms with Gasteiger partial charge in [-0.3, -0.25) is 4.79 Å². The molecule has 0 spiro atoms. The molecular formula is C16H18N2O3. The van der Waals surface area contributed by atoms with Crippen LogP contribution in [0.2, 0.25) is 0 Å². The Morgan fingerprint density at radius 2 is 1.90 bits per heavy atom. The lowest BCUT2D eigenvalue weighted by Crippen LogP contribution is -2.42. The number of hydrogen-bond donors (Lipinski definition) is 3. The molecule has 1 amide bonds. The van der Waals surface area contributed by atoms with Crippen molar-refractivity contribution in [2.24, 2.45) is 11.5 Å². The normalized spacial score (nSPS) is 13.5. The summed E-state index contributed by atoms with van der Waals surface area (Å²) in [5.74, 6) is -0.504. The largest absolute Gasteiger partial charge is 0.496 e. The zero-order valence-electron chi connectivity index (χ0n) is 11.7. The summed E-state index contributed by atoms with van der Waals surface area (Å²) in [5.41, 5.74) is 10.6. The molecule has 0 saturated carbocycles. The third-order valence-corrected chi connectivity index (χ3v) is 3.44. The van der Waals surface area contributed by atoms with Crippen molar-refractivity contribution in [3.8, 4) is 5.75 Å². The van der Waals surface area contributed by atoms with Crippen molar-refractivity contribution in [2.75, 3.05) is 7.11 Å². The van der Waals surface area contributed by atoms with Crippen molar-refractivity contribution < 1.29 is 14.6 Å². The van der Waals surface area contributed by atoms with Crippen LogP contribution in [0.5, 0.6) is 5.75 Å². The van der Waals surface area contributed by atoms with Gasteiger partial charge in [0.15, 0.2) is 5.60 Å². The molecule has 0 aromatic heterocycles. The summed E-state index contributed by atoms with van der Waals surface area (Å²) < 4.78 is 5.28. The summed E-state index contributed by atoms with van der Waals surface area (Å²) >= 11 is 0. The third kappa shape index (κ3) is 2.61. The van der Waals surface area contributed by atoms with Crippen LogP contribution in [0.25, 0.3) is 0 Å². The molecule has 1 unspecified atom stereocenters. The molecule has 0 aliphatic rings. The first kappa shape index (κ1) is 15.0. The first-order chi connectivity index (χ1) is 10.0. The Bertz CT molecular complexity index is 643. The van der Waals surface area contributed by atoms with Gasteiger partial charge in [-0.2, -0.15) is 0 Å². The maximum Gasteiger partial charge on any atom is 0.258 e. The fourth-order valence-electron chi connectivity index (χ4n) is 2.27. The van der Waals surface area contributed by atoms with Gasteiger partial charge in [0.05, 0.1) is 7.11 Å². The Labute approximate surface area is 123 Å². The highest BCUT2D eigenvalue weighted by Gasteiger charge is 2.40. The molecule has 110 valence electrons. The number of rotatable bonds is 5. The van der Waals surface area contributed by atoms with Crippen LogP contribution in [0.4, 0.5) is 0 Å². The van der Waals surface area contributed by atoms with Gasteiger partial charge in [0.1, 0.15) is 5.75 Å². The smallest absolute Gasteiger partial charge is 0.258 e. The predicted octanol–water partition coefficient (Wildman–Crippen LogP) is 0.875. The highest BCUT2D eigenvalue weighted by atomic mass is 16.5. The molecule has 0 bridgehead atoms. The summed E-state index contributed by atoms with van der Waals surface area (Å²) in [6.07, 6.45) is 0. The lowest BCUT2D eigenvalue weighted by molar-refractivity contribution is -0.133. The number of methoxy groups -OCH3 is 1. The lowest BCUT2D eigenvalue weighted by Gasteiger charge is -2.27. The number of primary amides is 1. The Balaban J connectivity index is 2.67. The minimum Gasteiger partial charge on any atom is -0.496 e. The number of carbonyl (C=O) groups excluding carboxylic acids is 1. The molecular weight excluding hydrogens is 268 g/mol. The van der Waals surface area contributed by atoms with Crippen LogP contribution in [-0.4, -0.2) is 18.1 Å². The third-order valence-electron chi connectivity index (χ3n) is 3.44. The maximum atomic E-state index is 11.9. The van der Waals surface area contributed by atoms with Gasteiger partial charge in [0, 0.05) is 12.1 Å². The van der Waals surface area contributed by atoms with Gasteiger partial charge in [0.2, 0.25) is 0 Å². The highest BCUT2D eigenvalue weighted by molar-refractivity contribution is 5.89. The van der Waals surface area contributed by atoms with Crippen molar-refractivity contribution in [1.29, 1.82) is 0 Å². The van der Waals surface area contributed by atoms with Crippen molar-refractivity contribution in [3.63, 3.8) is 0 Å². The first-order valence-electron chi connectivity index (χ1n) is 6.49. The summed E-state index contributed by atoms with van der Waals surface area (Å²) in [6.45, 7) is 0.330. The standard InChI is InChI=1S/C16H18N2O3/c1-21-14-9-11(10-17)7-8-13(14)16(20,15(18)19)12-5-3-2-4-6-12/h2-9,20H,10,17H2,1H3,(H2,18,19). The van der Waals surface area contributed by atoms with Crippen molar-refractivity contribution in [1.82, 2.24) is 0 Å². The summed E-state index contributed by atoms with van der Waals surface area (Å²) in [4.78, 5) is 11.9. The summed E-state index contributed by atoms with van der Waals surface area (Å²) in [6, 6.07) is 13.6. The second-order valence-electron chi connectivity index (χ2n) is 4.68. The van der Waals surface area contributed by atoms with Crippen molar-refractivity contribution in [3.05, 3.63) is 65.2 Å². The molecule has 21 heavy (non-hydrogen) atoms. The number of hydrogen-bond acceptors (Lipinski definition) is 4. The van der Waals surface area contributed by atoms with Crippen LogP contribution in [0.3, 0.4) is 0 Å². The molecule has 2 aromatic carbocycles. The molecule has 0 radical (unpaired) electrons. The average molecular weight is 286 g/mol. The number of amides is 1. The van der Waals surface area contributed by atoms with Crippen LogP contribution >= 0.6 is 0 Å². The number of benzene rings is 2. The molecule has 5 heteroatoms. The monoisotopic (exact) mass is 286 g/mol. The van der Waals surface area contributed by atoms with Crippen LogP contribution in [0, 0.1) is 0 Å². The molecule has 5 nitrogen and oxygen atoms in total. The van der Waals surface area contributed by atoms with Crippen molar-refractivity contribution in [2.45, 2.75) is 12.1 Å². The Hall–Kier alpha value is -2.37. The number of ether oxygens (including phenoxy) is 1. The van der Waals surface area contributed by atoms with Gasteiger partial charge < -0.3 is 21.3 Å². The Morgan fingerprint density at radius 3 is 2.43 bits per heavy atom. The number of nitrogens with two attached hydrogens (primary N) is 2. The van der Waals surface area contributed by atoms with E-state index >= 15 is 0 Å². The SMILES string of the molecule is COc1cc(CN)ccc1C(O)(C(N)=O)c1ccccc1. The molecule has 0 saturated heterocycles. The molecule has 1 atom stereocenters. The molecule has 0 fully saturated rings. The fraction of sp³-hybridized carbons (Fsp3) is 0.188. The van der Waals surface area contributed by atoms with Gasteiger partial charge >= 0.3 is 0 Å². The van der Waals surface area contributed by atoms with Crippen LogP contribution in [-0.2, 0) is 16.9 Å². The zero-order chi connectivity index (χ0) is 15.5. The Kier molecular flexibility index (Phi) is 4.26. The molecule has 0 aliphatic carbocycles. The number of aliphatic hydroxyl groups is 1. The van der Waals surface area contributed by atoms with E-state index in [1.165, 1.54) is 7.11 Å². The average Bonchev–Trinajstić information content (AvgIpc) is 2.54. The van der Waals surface area contributed by atoms with Crippen LogP contribution < -0.4 is 16.2 Å². The summed E-state index contributed by atoms with van der Waals surface area (Å²) in [5, 5.41) is 10.9. The molecule has 0 heterocycles. The van der Waals surface area contributed by atoms with Gasteiger partial charge in [-0.15, -0.1) is 0 Å². The topological polar surface area (TPSA) is 98.6 Å². The second kappa shape index (κ2) is 5.95. The van der Waals surface area contributed by atoms with E-state index in [1.54, 1.807) is 48.5 Å². The minimum absolute atomic E-state index is 0.293. The van der Waals surface area contributed by atoms with E-state index in [1.807, 2.05) is 0 Å². The molecule has 2 rings (SSSR count). The van der Waals surface area contributed by atoms with Crippen LogP contribution in [0.15, 0.2) is 48.5 Å². The van der Waals surface area contributed by atoms with Crippen molar-refractivity contribution >= 4 is 5.91 Å². The highest BCUT2D eigenvalue weighted by Crippen LogP contribution is 2.36. The predicted molar refractivity (Wildman–Crippen MR) is 79.5 cm³/mol.